The van der Waals surface area contributed by atoms with Crippen LogP contribution in [0, 0.1) is 0 Å². The van der Waals surface area contributed by atoms with Gasteiger partial charge in [-0.15, -0.1) is 0 Å². The fourth-order valence-corrected chi connectivity index (χ4v) is 2.39. The maximum atomic E-state index is 12.6. The van der Waals surface area contributed by atoms with Crippen molar-refractivity contribution in [3.8, 4) is 5.75 Å². The molecule has 4 nitrogen and oxygen atoms in total. The molecule has 1 atom stereocenters. The van der Waals surface area contributed by atoms with Gasteiger partial charge >= 0.3 is 0 Å². The molecule has 0 saturated heterocycles. The monoisotopic (exact) mass is 301 g/mol. The largest absolute Gasteiger partial charge is 0.497 e. The van der Waals surface area contributed by atoms with Crippen LogP contribution in [0.3, 0.4) is 0 Å². The minimum absolute atomic E-state index is 0.110. The standard InChI is InChI=1S/C18H23NO3/c1-6-12-11-22-16(13-7-9-14(21-5)10-8-13)15(12)17(20)19-18(2,3)4/h6-10,16H,1,11H2,2-5H3,(H,19,20). The highest BCUT2D eigenvalue weighted by molar-refractivity contribution is 5.97. The molecule has 1 N–H and O–H groups in total. The first-order valence-corrected chi connectivity index (χ1v) is 7.29. The molecule has 1 aliphatic rings. The molecule has 1 amide bonds. The van der Waals surface area contributed by atoms with Crippen LogP contribution in [-0.4, -0.2) is 25.2 Å². The summed E-state index contributed by atoms with van der Waals surface area (Å²) >= 11 is 0. The summed E-state index contributed by atoms with van der Waals surface area (Å²) in [4.78, 5) is 12.6. The zero-order valence-electron chi connectivity index (χ0n) is 13.6. The van der Waals surface area contributed by atoms with Crippen LogP contribution in [0.4, 0.5) is 0 Å². The van der Waals surface area contributed by atoms with Gasteiger partial charge in [-0.25, -0.2) is 0 Å². The maximum Gasteiger partial charge on any atom is 0.250 e. The summed E-state index contributed by atoms with van der Waals surface area (Å²) < 4.78 is 11.0. The van der Waals surface area contributed by atoms with Crippen LogP contribution in [0.25, 0.3) is 0 Å². The van der Waals surface area contributed by atoms with E-state index in [1.54, 1.807) is 13.2 Å². The number of carbonyl (C=O) groups excluding carboxylic acids is 1. The van der Waals surface area contributed by atoms with E-state index in [9.17, 15) is 4.79 Å². The summed E-state index contributed by atoms with van der Waals surface area (Å²) in [6.45, 7) is 10.1. The van der Waals surface area contributed by atoms with Crippen molar-refractivity contribution in [2.24, 2.45) is 0 Å². The highest BCUT2D eigenvalue weighted by Crippen LogP contribution is 2.35. The van der Waals surface area contributed by atoms with Gasteiger partial charge in [-0.1, -0.05) is 24.8 Å². The van der Waals surface area contributed by atoms with Crippen molar-refractivity contribution in [3.63, 3.8) is 0 Å². The second-order valence-corrected chi connectivity index (χ2v) is 6.31. The number of hydrogen-bond donors (Lipinski definition) is 1. The number of rotatable bonds is 4. The van der Waals surface area contributed by atoms with Crippen LogP contribution in [0.1, 0.15) is 32.4 Å². The number of carbonyl (C=O) groups is 1. The van der Waals surface area contributed by atoms with E-state index in [4.69, 9.17) is 9.47 Å². The molecule has 1 unspecified atom stereocenters. The summed E-state index contributed by atoms with van der Waals surface area (Å²) in [5.41, 5.74) is 2.10. The van der Waals surface area contributed by atoms with Gasteiger partial charge in [0, 0.05) is 5.54 Å². The number of nitrogens with one attached hydrogen (secondary N) is 1. The number of benzene rings is 1. The van der Waals surface area contributed by atoms with Crippen molar-refractivity contribution < 1.29 is 14.3 Å². The van der Waals surface area contributed by atoms with E-state index in [1.165, 1.54) is 0 Å². The molecule has 1 aliphatic heterocycles. The number of hydrogen-bond acceptors (Lipinski definition) is 3. The number of ether oxygens (including phenoxy) is 2. The minimum atomic E-state index is -0.374. The Bertz CT molecular complexity index is 594. The van der Waals surface area contributed by atoms with Gasteiger partial charge in [0.05, 0.1) is 19.3 Å². The van der Waals surface area contributed by atoms with Gasteiger partial charge in [0.1, 0.15) is 11.9 Å². The minimum Gasteiger partial charge on any atom is -0.497 e. The molecular formula is C18H23NO3. The van der Waals surface area contributed by atoms with Crippen LogP contribution in [-0.2, 0) is 9.53 Å². The summed E-state index contributed by atoms with van der Waals surface area (Å²) in [5, 5.41) is 3.00. The van der Waals surface area contributed by atoms with Crippen molar-refractivity contribution in [1.29, 1.82) is 0 Å². The van der Waals surface area contributed by atoms with E-state index in [0.717, 1.165) is 16.9 Å². The molecule has 0 bridgehead atoms. The summed E-state index contributed by atoms with van der Waals surface area (Å²) in [7, 11) is 1.62. The molecule has 0 saturated carbocycles. The third-order valence-corrected chi connectivity index (χ3v) is 3.41. The van der Waals surface area contributed by atoms with Crippen molar-refractivity contribution in [2.45, 2.75) is 32.4 Å². The van der Waals surface area contributed by atoms with Crippen molar-refractivity contribution in [2.75, 3.05) is 13.7 Å². The molecule has 22 heavy (non-hydrogen) atoms. The Morgan fingerprint density at radius 2 is 2.00 bits per heavy atom. The molecule has 118 valence electrons. The second kappa shape index (κ2) is 6.36. The normalized spacial score (nSPS) is 18.3. The molecule has 0 spiro atoms. The van der Waals surface area contributed by atoms with Crippen LogP contribution < -0.4 is 10.1 Å². The molecule has 1 aromatic carbocycles. The maximum absolute atomic E-state index is 12.6. The quantitative estimate of drug-likeness (QED) is 0.929. The SMILES string of the molecule is C=CC1=C(C(=O)NC(C)(C)C)C(c2ccc(OC)cc2)OC1. The lowest BCUT2D eigenvalue weighted by Gasteiger charge is -2.23. The van der Waals surface area contributed by atoms with E-state index >= 15 is 0 Å². The van der Waals surface area contributed by atoms with E-state index in [1.807, 2.05) is 45.0 Å². The Morgan fingerprint density at radius 3 is 2.50 bits per heavy atom. The van der Waals surface area contributed by atoms with Gasteiger partial charge in [0.15, 0.2) is 0 Å². The van der Waals surface area contributed by atoms with Crippen LogP contribution in [0.15, 0.2) is 48.1 Å². The fourth-order valence-electron chi connectivity index (χ4n) is 2.39. The van der Waals surface area contributed by atoms with Crippen molar-refractivity contribution in [3.05, 3.63) is 53.6 Å². The Hall–Kier alpha value is -2.07. The highest BCUT2D eigenvalue weighted by Gasteiger charge is 2.33. The average Bonchev–Trinajstić information content (AvgIpc) is 2.89. The van der Waals surface area contributed by atoms with Crippen molar-refractivity contribution >= 4 is 5.91 Å². The third kappa shape index (κ3) is 3.57. The fraction of sp³-hybridized carbons (Fsp3) is 0.389. The molecule has 0 aliphatic carbocycles. The molecule has 4 heteroatoms. The van der Waals surface area contributed by atoms with Crippen molar-refractivity contribution in [1.82, 2.24) is 5.32 Å². The summed E-state index contributed by atoms with van der Waals surface area (Å²) in [6.07, 6.45) is 1.32. The first kappa shape index (κ1) is 16.3. The second-order valence-electron chi connectivity index (χ2n) is 6.31. The Morgan fingerprint density at radius 1 is 1.36 bits per heavy atom. The Labute approximate surface area is 131 Å². The molecule has 0 aromatic heterocycles. The predicted octanol–water partition coefficient (Wildman–Crippen LogP) is 3.16. The first-order valence-electron chi connectivity index (χ1n) is 7.29. The van der Waals surface area contributed by atoms with Gasteiger partial charge in [0.2, 0.25) is 0 Å². The Balaban J connectivity index is 2.32. The lowest BCUT2D eigenvalue weighted by Crippen LogP contribution is -2.42. The van der Waals surface area contributed by atoms with Crippen LogP contribution in [0.5, 0.6) is 5.75 Å². The van der Waals surface area contributed by atoms with Gasteiger partial charge in [-0.2, -0.15) is 0 Å². The Kier molecular flexibility index (Phi) is 4.71. The van der Waals surface area contributed by atoms with Crippen LogP contribution in [0.2, 0.25) is 0 Å². The number of amides is 1. The lowest BCUT2D eigenvalue weighted by molar-refractivity contribution is -0.119. The zero-order valence-corrected chi connectivity index (χ0v) is 13.6. The molecular weight excluding hydrogens is 278 g/mol. The van der Waals surface area contributed by atoms with Gasteiger partial charge in [-0.05, 0) is 44.0 Å². The van der Waals surface area contributed by atoms with Gasteiger partial charge in [-0.3, -0.25) is 4.79 Å². The molecule has 0 radical (unpaired) electrons. The topological polar surface area (TPSA) is 47.6 Å². The molecule has 1 heterocycles. The molecule has 2 rings (SSSR count). The molecule has 1 aromatic rings. The average molecular weight is 301 g/mol. The molecule has 0 fully saturated rings. The van der Waals surface area contributed by atoms with Gasteiger partial charge in [0.25, 0.3) is 5.91 Å². The number of methoxy groups -OCH3 is 1. The van der Waals surface area contributed by atoms with E-state index < -0.39 is 0 Å². The predicted molar refractivity (Wildman–Crippen MR) is 86.8 cm³/mol. The zero-order chi connectivity index (χ0) is 16.3. The summed E-state index contributed by atoms with van der Waals surface area (Å²) in [6, 6.07) is 7.56. The van der Waals surface area contributed by atoms with E-state index in [-0.39, 0.29) is 17.6 Å². The van der Waals surface area contributed by atoms with E-state index in [0.29, 0.717) is 12.2 Å². The smallest absolute Gasteiger partial charge is 0.250 e. The summed E-state index contributed by atoms with van der Waals surface area (Å²) in [5.74, 6) is 0.663. The third-order valence-electron chi connectivity index (χ3n) is 3.41. The van der Waals surface area contributed by atoms with Crippen LogP contribution >= 0.6 is 0 Å². The lowest BCUT2D eigenvalue weighted by atomic mass is 9.97. The van der Waals surface area contributed by atoms with Gasteiger partial charge < -0.3 is 14.8 Å². The highest BCUT2D eigenvalue weighted by atomic mass is 16.5. The first-order chi connectivity index (χ1) is 10.4. The van der Waals surface area contributed by atoms with E-state index in [2.05, 4.69) is 11.9 Å².